The zero-order valence-electron chi connectivity index (χ0n) is 10.8. The van der Waals surface area contributed by atoms with Crippen molar-refractivity contribution in [2.75, 3.05) is 5.73 Å². The number of anilines is 1. The normalized spacial score (nSPS) is 11.7. The van der Waals surface area contributed by atoms with Crippen LogP contribution in [0.25, 0.3) is 10.9 Å². The van der Waals surface area contributed by atoms with Crippen molar-refractivity contribution in [2.24, 2.45) is 0 Å². The summed E-state index contributed by atoms with van der Waals surface area (Å²) in [6.45, 7) is 5.90. The molecule has 3 N–H and O–H groups in total. The van der Waals surface area contributed by atoms with Crippen LogP contribution in [0.2, 0.25) is 0 Å². The molecule has 0 aliphatic rings. The Labute approximate surface area is 105 Å². The van der Waals surface area contributed by atoms with E-state index in [0.29, 0.717) is 16.6 Å². The second-order valence-corrected chi connectivity index (χ2v) is 4.86. The van der Waals surface area contributed by atoms with E-state index in [1.54, 1.807) is 18.2 Å². The number of nitrogens with one attached hydrogen (secondary N) is 1. The van der Waals surface area contributed by atoms with Crippen LogP contribution in [0.15, 0.2) is 23.0 Å². The highest BCUT2D eigenvalue weighted by molar-refractivity contribution is 5.81. The van der Waals surface area contributed by atoms with Crippen molar-refractivity contribution in [1.29, 1.82) is 0 Å². The standard InChI is InChI=1S/C13H17N3O2/c1-4-13(2,3)18-12-15-10-6-5-8(14)7-9(10)11(17)16-12/h5-7H,4,14H2,1-3H3,(H,15,16,17). The summed E-state index contributed by atoms with van der Waals surface area (Å²) < 4.78 is 5.67. The summed E-state index contributed by atoms with van der Waals surface area (Å²) in [6, 6.07) is 5.27. The van der Waals surface area contributed by atoms with Crippen molar-refractivity contribution >= 4 is 16.6 Å². The molecule has 5 heteroatoms. The molecule has 18 heavy (non-hydrogen) atoms. The molecule has 96 valence electrons. The Morgan fingerprint density at radius 3 is 2.83 bits per heavy atom. The Kier molecular flexibility index (Phi) is 2.98. The van der Waals surface area contributed by atoms with Crippen LogP contribution in [0.3, 0.4) is 0 Å². The van der Waals surface area contributed by atoms with Gasteiger partial charge in [0.05, 0.1) is 10.9 Å². The zero-order chi connectivity index (χ0) is 13.3. The van der Waals surface area contributed by atoms with Gasteiger partial charge in [-0.3, -0.25) is 9.78 Å². The van der Waals surface area contributed by atoms with Crippen LogP contribution in [0.5, 0.6) is 6.01 Å². The molecular formula is C13H17N3O2. The molecule has 0 radical (unpaired) electrons. The maximum Gasteiger partial charge on any atom is 0.297 e. The lowest BCUT2D eigenvalue weighted by Gasteiger charge is -2.23. The fraction of sp³-hybridized carbons (Fsp3) is 0.385. The van der Waals surface area contributed by atoms with Gasteiger partial charge in [0.15, 0.2) is 0 Å². The van der Waals surface area contributed by atoms with Crippen molar-refractivity contribution in [2.45, 2.75) is 32.8 Å². The van der Waals surface area contributed by atoms with Crippen molar-refractivity contribution in [3.05, 3.63) is 28.6 Å². The summed E-state index contributed by atoms with van der Waals surface area (Å²) in [5.41, 5.74) is 6.15. The van der Waals surface area contributed by atoms with Crippen LogP contribution in [0.1, 0.15) is 27.2 Å². The number of rotatable bonds is 3. The van der Waals surface area contributed by atoms with E-state index in [2.05, 4.69) is 9.97 Å². The number of hydrogen-bond donors (Lipinski definition) is 2. The lowest BCUT2D eigenvalue weighted by Crippen LogP contribution is -2.29. The molecule has 1 aromatic carbocycles. The van der Waals surface area contributed by atoms with Gasteiger partial charge in [-0.25, -0.2) is 0 Å². The molecule has 0 amide bonds. The molecule has 0 aliphatic carbocycles. The van der Waals surface area contributed by atoms with Crippen LogP contribution >= 0.6 is 0 Å². The van der Waals surface area contributed by atoms with E-state index in [4.69, 9.17) is 10.5 Å². The third-order valence-electron chi connectivity index (χ3n) is 2.93. The lowest BCUT2D eigenvalue weighted by molar-refractivity contribution is 0.0927. The van der Waals surface area contributed by atoms with Gasteiger partial charge in [-0.05, 0) is 38.5 Å². The van der Waals surface area contributed by atoms with Gasteiger partial charge in [0, 0.05) is 5.69 Å². The van der Waals surface area contributed by atoms with Gasteiger partial charge in [-0.1, -0.05) is 6.92 Å². The summed E-state index contributed by atoms with van der Waals surface area (Å²) in [4.78, 5) is 18.8. The van der Waals surface area contributed by atoms with Crippen molar-refractivity contribution in [3.63, 3.8) is 0 Å². The van der Waals surface area contributed by atoms with Crippen molar-refractivity contribution in [1.82, 2.24) is 9.97 Å². The van der Waals surface area contributed by atoms with E-state index in [1.807, 2.05) is 20.8 Å². The Balaban J connectivity index is 2.50. The van der Waals surface area contributed by atoms with Crippen LogP contribution < -0.4 is 16.0 Å². The van der Waals surface area contributed by atoms with E-state index in [9.17, 15) is 4.79 Å². The molecule has 1 heterocycles. The largest absolute Gasteiger partial charge is 0.459 e. The summed E-state index contributed by atoms with van der Waals surface area (Å²) in [5, 5.41) is 0.469. The maximum absolute atomic E-state index is 11.9. The monoisotopic (exact) mass is 247 g/mol. The van der Waals surface area contributed by atoms with Crippen LogP contribution in [-0.2, 0) is 0 Å². The van der Waals surface area contributed by atoms with Crippen molar-refractivity contribution < 1.29 is 4.74 Å². The van der Waals surface area contributed by atoms with Crippen LogP contribution in [0, 0.1) is 0 Å². The van der Waals surface area contributed by atoms with Gasteiger partial charge in [0.2, 0.25) is 0 Å². The molecule has 0 spiro atoms. The second-order valence-electron chi connectivity index (χ2n) is 4.86. The third kappa shape index (κ3) is 2.45. The van der Waals surface area contributed by atoms with Gasteiger partial charge >= 0.3 is 0 Å². The highest BCUT2D eigenvalue weighted by Crippen LogP contribution is 2.18. The predicted molar refractivity (Wildman–Crippen MR) is 71.8 cm³/mol. The van der Waals surface area contributed by atoms with E-state index in [1.165, 1.54) is 0 Å². The smallest absolute Gasteiger partial charge is 0.297 e. The number of H-pyrrole nitrogens is 1. The van der Waals surface area contributed by atoms with E-state index in [-0.39, 0.29) is 17.2 Å². The van der Waals surface area contributed by atoms with Gasteiger partial charge < -0.3 is 10.5 Å². The van der Waals surface area contributed by atoms with Gasteiger partial charge in [-0.2, -0.15) is 4.98 Å². The molecule has 2 aromatic rings. The minimum absolute atomic E-state index is 0.240. The van der Waals surface area contributed by atoms with E-state index >= 15 is 0 Å². The Hall–Kier alpha value is -2.04. The number of ether oxygens (including phenoxy) is 1. The number of aromatic nitrogens is 2. The first-order valence-corrected chi connectivity index (χ1v) is 5.90. The number of nitrogen functional groups attached to an aromatic ring is 1. The predicted octanol–water partition coefficient (Wildman–Crippen LogP) is 2.07. The molecule has 0 bridgehead atoms. The molecule has 0 saturated carbocycles. The third-order valence-corrected chi connectivity index (χ3v) is 2.93. The quantitative estimate of drug-likeness (QED) is 0.813. The first-order valence-electron chi connectivity index (χ1n) is 5.90. The van der Waals surface area contributed by atoms with Gasteiger partial charge in [0.25, 0.3) is 11.6 Å². The Bertz CT molecular complexity index is 632. The summed E-state index contributed by atoms with van der Waals surface area (Å²) in [7, 11) is 0. The first kappa shape index (κ1) is 12.4. The molecule has 2 rings (SSSR count). The SMILES string of the molecule is CCC(C)(C)Oc1nc2ccc(N)cc2c(=O)[nH]1. The average molecular weight is 247 g/mol. The number of nitrogens with zero attached hydrogens (tertiary/aromatic N) is 1. The molecule has 0 unspecified atom stereocenters. The van der Waals surface area contributed by atoms with Gasteiger partial charge in [0.1, 0.15) is 5.60 Å². The molecule has 0 fully saturated rings. The number of hydrogen-bond acceptors (Lipinski definition) is 4. The zero-order valence-corrected chi connectivity index (χ0v) is 10.8. The van der Waals surface area contributed by atoms with Crippen LogP contribution in [-0.4, -0.2) is 15.6 Å². The molecule has 0 atom stereocenters. The fourth-order valence-corrected chi connectivity index (χ4v) is 1.52. The summed E-state index contributed by atoms with van der Waals surface area (Å²) in [5.74, 6) is 0. The Morgan fingerprint density at radius 1 is 1.44 bits per heavy atom. The first-order chi connectivity index (χ1) is 8.41. The molecule has 5 nitrogen and oxygen atoms in total. The minimum Gasteiger partial charge on any atom is -0.459 e. The van der Waals surface area contributed by atoms with Crippen LogP contribution in [0.4, 0.5) is 5.69 Å². The summed E-state index contributed by atoms with van der Waals surface area (Å²) >= 11 is 0. The fourth-order valence-electron chi connectivity index (χ4n) is 1.52. The second kappa shape index (κ2) is 4.33. The summed E-state index contributed by atoms with van der Waals surface area (Å²) in [6.07, 6.45) is 0.816. The van der Waals surface area contributed by atoms with E-state index in [0.717, 1.165) is 6.42 Å². The van der Waals surface area contributed by atoms with Gasteiger partial charge in [-0.15, -0.1) is 0 Å². The average Bonchev–Trinajstić information content (AvgIpc) is 2.30. The number of benzene rings is 1. The topological polar surface area (TPSA) is 81.0 Å². The number of fused-ring (bicyclic) bond motifs is 1. The number of aromatic amines is 1. The highest BCUT2D eigenvalue weighted by atomic mass is 16.5. The molecule has 0 aliphatic heterocycles. The molecular weight excluding hydrogens is 230 g/mol. The van der Waals surface area contributed by atoms with Crippen molar-refractivity contribution in [3.8, 4) is 6.01 Å². The Morgan fingerprint density at radius 2 is 2.17 bits per heavy atom. The highest BCUT2D eigenvalue weighted by Gasteiger charge is 2.18. The van der Waals surface area contributed by atoms with E-state index < -0.39 is 0 Å². The molecule has 0 saturated heterocycles. The number of nitrogens with two attached hydrogens (primary N) is 1. The maximum atomic E-state index is 11.9. The minimum atomic E-state index is -0.364. The molecule has 1 aromatic heterocycles. The lowest BCUT2D eigenvalue weighted by atomic mass is 10.1.